The van der Waals surface area contributed by atoms with E-state index in [4.69, 9.17) is 0 Å². The molecule has 0 spiro atoms. The number of rotatable bonds is 8. The molecule has 4 aliphatic rings. The second-order valence-corrected chi connectivity index (χ2v) is 35.2. The minimum Gasteiger partial charge on any atom is -0.335 e. The molecular formula is C66H70BN3Si2. The van der Waals surface area contributed by atoms with E-state index in [-0.39, 0.29) is 23.1 Å². The topological polar surface area (TPSA) is 9.72 Å². The Bertz CT molecular complexity index is 3330. The smallest absolute Gasteiger partial charge is 0.252 e. The van der Waals surface area contributed by atoms with E-state index in [1.807, 2.05) is 0 Å². The van der Waals surface area contributed by atoms with Gasteiger partial charge in [0.25, 0.3) is 6.71 Å². The Morgan fingerprint density at radius 1 is 0.500 bits per heavy atom. The average Bonchev–Trinajstić information content (AvgIpc) is 3.58. The second-order valence-electron chi connectivity index (χ2n) is 25.0. The van der Waals surface area contributed by atoms with Gasteiger partial charge in [-0.3, -0.25) is 0 Å². The maximum absolute atomic E-state index is 2.91. The van der Waals surface area contributed by atoms with Crippen LogP contribution >= 0.6 is 0 Å². The van der Waals surface area contributed by atoms with E-state index in [0.717, 1.165) is 12.1 Å². The Hall–Kier alpha value is -6.34. The zero-order chi connectivity index (χ0) is 50.1. The Labute approximate surface area is 432 Å². The summed E-state index contributed by atoms with van der Waals surface area (Å²) in [6, 6.07) is 68.2. The van der Waals surface area contributed by atoms with Crippen molar-refractivity contribution in [2.75, 3.05) is 14.7 Å². The van der Waals surface area contributed by atoms with E-state index >= 15 is 0 Å². The predicted octanol–water partition coefficient (Wildman–Crippen LogP) is 15.2. The third-order valence-corrected chi connectivity index (χ3v) is 21.6. The van der Waals surface area contributed by atoms with Crippen LogP contribution in [0.15, 0.2) is 176 Å². The van der Waals surface area contributed by atoms with Crippen molar-refractivity contribution in [3.8, 4) is 22.3 Å². The molecule has 8 aromatic carbocycles. The number of anilines is 8. The van der Waals surface area contributed by atoms with Gasteiger partial charge in [0.15, 0.2) is 0 Å². The highest BCUT2D eigenvalue weighted by Gasteiger charge is 2.61. The van der Waals surface area contributed by atoms with Gasteiger partial charge in [0.05, 0.1) is 27.4 Å². The Kier molecular flexibility index (Phi) is 10.8. The molecule has 3 nitrogen and oxygen atoms in total. The van der Waals surface area contributed by atoms with Crippen LogP contribution in [0.2, 0.25) is 39.3 Å². The highest BCUT2D eigenvalue weighted by molar-refractivity contribution is 7.00. The lowest BCUT2D eigenvalue weighted by molar-refractivity contribution is 0.195. The van der Waals surface area contributed by atoms with Crippen molar-refractivity contribution in [3.05, 3.63) is 187 Å². The van der Waals surface area contributed by atoms with E-state index < -0.39 is 16.1 Å². The number of benzene rings is 8. The molecule has 2 unspecified atom stereocenters. The van der Waals surface area contributed by atoms with Gasteiger partial charge in [-0.05, 0) is 130 Å². The zero-order valence-corrected chi connectivity index (χ0v) is 46.5. The molecule has 1 fully saturated rings. The second kappa shape index (κ2) is 16.6. The van der Waals surface area contributed by atoms with Crippen LogP contribution in [0, 0.1) is 0 Å². The molecule has 12 rings (SSSR count). The molecule has 8 aromatic rings. The molecule has 2 atom stereocenters. The third-order valence-electron chi connectivity index (χ3n) is 17.5. The van der Waals surface area contributed by atoms with Crippen LogP contribution in [-0.2, 0) is 10.8 Å². The molecule has 72 heavy (non-hydrogen) atoms. The van der Waals surface area contributed by atoms with Crippen molar-refractivity contribution in [1.29, 1.82) is 0 Å². The zero-order valence-electron chi connectivity index (χ0n) is 44.5. The molecule has 3 aliphatic heterocycles. The average molecular weight is 972 g/mol. The largest absolute Gasteiger partial charge is 0.335 e. The van der Waals surface area contributed by atoms with Gasteiger partial charge in [-0.1, -0.05) is 212 Å². The van der Waals surface area contributed by atoms with E-state index in [2.05, 4.69) is 265 Å². The molecule has 6 heteroatoms. The van der Waals surface area contributed by atoms with E-state index in [1.54, 1.807) is 5.56 Å². The fourth-order valence-electron chi connectivity index (χ4n) is 13.1. The van der Waals surface area contributed by atoms with Crippen molar-refractivity contribution in [2.24, 2.45) is 0 Å². The molecule has 0 amide bonds. The first-order valence-electron chi connectivity index (χ1n) is 26.7. The van der Waals surface area contributed by atoms with Crippen molar-refractivity contribution in [1.82, 2.24) is 0 Å². The van der Waals surface area contributed by atoms with Gasteiger partial charge in [-0.25, -0.2) is 0 Å². The van der Waals surface area contributed by atoms with Crippen LogP contribution < -0.4 is 41.5 Å². The quantitative estimate of drug-likeness (QED) is 0.141. The number of hydrogen-bond donors (Lipinski definition) is 0. The summed E-state index contributed by atoms with van der Waals surface area (Å²) in [5, 5.41) is 2.95. The fourth-order valence-corrected chi connectivity index (χ4v) is 15.4. The predicted molar refractivity (Wildman–Crippen MR) is 319 cm³/mol. The normalized spacial score (nSPS) is 18.8. The van der Waals surface area contributed by atoms with Gasteiger partial charge in [-0.2, -0.15) is 0 Å². The van der Waals surface area contributed by atoms with E-state index in [1.165, 1.54) is 114 Å². The Morgan fingerprint density at radius 3 is 1.60 bits per heavy atom. The molecule has 1 saturated carbocycles. The lowest BCUT2D eigenvalue weighted by atomic mass is 9.33. The number of hydrogen-bond acceptors (Lipinski definition) is 3. The van der Waals surface area contributed by atoms with Gasteiger partial charge in [0.1, 0.15) is 0 Å². The summed E-state index contributed by atoms with van der Waals surface area (Å²) in [7, 11) is -3.12. The van der Waals surface area contributed by atoms with Crippen LogP contribution in [0.3, 0.4) is 0 Å². The van der Waals surface area contributed by atoms with Crippen LogP contribution in [0.25, 0.3) is 22.3 Å². The molecule has 1 aliphatic carbocycles. The summed E-state index contributed by atoms with van der Waals surface area (Å²) < 4.78 is 0. The Balaban J connectivity index is 1.19. The van der Waals surface area contributed by atoms with Crippen LogP contribution in [0.5, 0.6) is 0 Å². The van der Waals surface area contributed by atoms with Crippen molar-refractivity contribution >= 4 is 95.1 Å². The van der Waals surface area contributed by atoms with Gasteiger partial charge in [0, 0.05) is 45.2 Å². The molecular weight excluding hydrogens is 902 g/mol. The molecule has 0 bridgehead atoms. The van der Waals surface area contributed by atoms with Gasteiger partial charge in [-0.15, -0.1) is 0 Å². The summed E-state index contributed by atoms with van der Waals surface area (Å²) in [6.07, 6.45) is 4.80. The van der Waals surface area contributed by atoms with Gasteiger partial charge >= 0.3 is 0 Å². The standard InChI is InChI=1S/C66H70BN3Si2/c1-64(2,3)49-41-56-63-58(42-49)67-57-40-48(46-22-16-13-17-23-46)26-37-59(57)69(52-27-24-47(25-28-52)45-20-14-12-15-21-45)60-43-53(44-61(62(60)67)70(63)66(5)39-19-18-38-65(56,66)4)68(50-29-33-54(34-30-50)71(6,7)8)51-31-35-55(36-32-51)72(9,10)11/h12-17,20-37,40-44H,18-19,38-39H2,1-11H3. The number of fused-ring (bicyclic) bond motifs is 7. The minimum atomic E-state index is -1.56. The van der Waals surface area contributed by atoms with Crippen LogP contribution in [0.4, 0.5) is 45.5 Å². The monoisotopic (exact) mass is 972 g/mol. The molecule has 0 N–H and O–H groups in total. The fraction of sp³-hybridized carbons (Fsp3) is 0.273. The maximum atomic E-state index is 2.91. The third kappa shape index (κ3) is 7.33. The molecule has 0 saturated heterocycles. The summed E-state index contributed by atoms with van der Waals surface area (Å²) in [6.45, 7) is 27.2. The molecule has 0 radical (unpaired) electrons. The van der Waals surface area contributed by atoms with Crippen molar-refractivity contribution in [2.45, 2.75) is 116 Å². The Morgan fingerprint density at radius 2 is 1.03 bits per heavy atom. The van der Waals surface area contributed by atoms with Crippen molar-refractivity contribution < 1.29 is 0 Å². The van der Waals surface area contributed by atoms with E-state index in [0.29, 0.717) is 0 Å². The number of nitrogens with zero attached hydrogens (tertiary/aromatic N) is 3. The van der Waals surface area contributed by atoms with Crippen molar-refractivity contribution in [3.63, 3.8) is 0 Å². The van der Waals surface area contributed by atoms with Gasteiger partial charge in [0.2, 0.25) is 0 Å². The minimum absolute atomic E-state index is 0.0164. The lowest BCUT2D eigenvalue weighted by Gasteiger charge is -2.53. The lowest BCUT2D eigenvalue weighted by Crippen LogP contribution is -2.64. The molecule has 360 valence electrons. The maximum Gasteiger partial charge on any atom is 0.252 e. The summed E-state index contributed by atoms with van der Waals surface area (Å²) in [4.78, 5) is 8.10. The molecule has 0 aromatic heterocycles. The highest BCUT2D eigenvalue weighted by atomic mass is 28.3. The first-order valence-corrected chi connectivity index (χ1v) is 33.7. The van der Waals surface area contributed by atoms with E-state index in [9.17, 15) is 0 Å². The molecule has 3 heterocycles. The highest BCUT2D eigenvalue weighted by Crippen LogP contribution is 2.63. The summed E-state index contributed by atoms with van der Waals surface area (Å²) in [5.41, 5.74) is 22.0. The van der Waals surface area contributed by atoms with Gasteiger partial charge < -0.3 is 14.7 Å². The summed E-state index contributed by atoms with van der Waals surface area (Å²) in [5.74, 6) is 0. The first-order chi connectivity index (χ1) is 34.3. The van der Waals surface area contributed by atoms with Crippen LogP contribution in [0.1, 0.15) is 71.4 Å². The summed E-state index contributed by atoms with van der Waals surface area (Å²) >= 11 is 0. The SMILES string of the molecule is CC(C)(C)c1cc2c3c(c1)C1(C)CCCCC1(C)N3c1cc(N(c3ccc([Si](C)(C)C)cc3)c3ccc([Si](C)(C)C)cc3)cc3c1B2c1cc(-c2ccccc2)ccc1N3c1ccc(-c2ccccc2)cc1. The first kappa shape index (κ1) is 46.7. The van der Waals surface area contributed by atoms with Crippen LogP contribution in [-0.4, -0.2) is 28.4 Å².